The normalized spacial score (nSPS) is 21.7. The highest BCUT2D eigenvalue weighted by Gasteiger charge is 2.41. The third kappa shape index (κ3) is 3.07. The molecule has 1 N–H and O–H groups in total. The Morgan fingerprint density at radius 1 is 1.04 bits per heavy atom. The molecule has 2 unspecified atom stereocenters. The van der Waals surface area contributed by atoms with Crippen LogP contribution in [0, 0.1) is 0 Å². The zero-order chi connectivity index (χ0) is 16.6. The number of anilines is 1. The summed E-state index contributed by atoms with van der Waals surface area (Å²) >= 11 is 0.994. The Morgan fingerprint density at radius 2 is 1.74 bits per heavy atom. The summed E-state index contributed by atoms with van der Waals surface area (Å²) < 4.78 is 38.7. The van der Waals surface area contributed by atoms with Gasteiger partial charge in [-0.2, -0.15) is 13.2 Å². The van der Waals surface area contributed by atoms with E-state index in [1.54, 1.807) is 30.3 Å². The molecule has 1 heterocycles. The van der Waals surface area contributed by atoms with Crippen molar-refractivity contribution in [1.82, 2.24) is 0 Å². The zero-order valence-electron chi connectivity index (χ0n) is 11.7. The summed E-state index contributed by atoms with van der Waals surface area (Å²) in [6.45, 7) is 0. The third-order valence-electron chi connectivity index (χ3n) is 3.48. The molecule has 0 bridgehead atoms. The summed E-state index contributed by atoms with van der Waals surface area (Å²) in [6.07, 6.45) is -4.49. The van der Waals surface area contributed by atoms with E-state index in [4.69, 9.17) is 0 Å². The second-order valence-electron chi connectivity index (χ2n) is 5.01. The van der Waals surface area contributed by atoms with E-state index in [0.717, 1.165) is 29.5 Å². The van der Waals surface area contributed by atoms with Crippen LogP contribution in [0.15, 0.2) is 54.6 Å². The van der Waals surface area contributed by atoms with E-state index < -0.39 is 28.5 Å². The SMILES string of the molecule is O=C1C(O)SC(c2ccccc2)N1c1cccc(C(F)(F)F)c1. The van der Waals surface area contributed by atoms with Gasteiger partial charge in [0, 0.05) is 5.69 Å². The molecule has 1 fully saturated rings. The van der Waals surface area contributed by atoms with Crippen LogP contribution in [0.5, 0.6) is 0 Å². The lowest BCUT2D eigenvalue weighted by atomic mass is 10.1. The molecule has 7 heteroatoms. The number of hydrogen-bond donors (Lipinski definition) is 1. The van der Waals surface area contributed by atoms with Gasteiger partial charge in [-0.15, -0.1) is 0 Å². The topological polar surface area (TPSA) is 40.5 Å². The van der Waals surface area contributed by atoms with Crippen LogP contribution in [0.25, 0.3) is 0 Å². The summed E-state index contributed by atoms with van der Waals surface area (Å²) in [4.78, 5) is 13.4. The summed E-state index contributed by atoms with van der Waals surface area (Å²) in [5.74, 6) is -0.622. The molecular weight excluding hydrogens is 327 g/mol. The maximum absolute atomic E-state index is 12.9. The minimum atomic E-state index is -4.49. The van der Waals surface area contributed by atoms with Gasteiger partial charge in [0.05, 0.1) is 5.56 Å². The van der Waals surface area contributed by atoms with Crippen molar-refractivity contribution in [1.29, 1.82) is 0 Å². The Morgan fingerprint density at radius 3 is 2.39 bits per heavy atom. The maximum Gasteiger partial charge on any atom is 0.416 e. The van der Waals surface area contributed by atoms with E-state index in [2.05, 4.69) is 0 Å². The van der Waals surface area contributed by atoms with Gasteiger partial charge in [0.25, 0.3) is 5.91 Å². The van der Waals surface area contributed by atoms with Crippen LogP contribution in [-0.2, 0) is 11.0 Å². The predicted octanol–water partition coefficient (Wildman–Crippen LogP) is 3.80. The van der Waals surface area contributed by atoms with Gasteiger partial charge in [-0.25, -0.2) is 0 Å². The first-order valence-electron chi connectivity index (χ1n) is 6.77. The van der Waals surface area contributed by atoms with Crippen molar-refractivity contribution in [3.8, 4) is 0 Å². The van der Waals surface area contributed by atoms with Gasteiger partial charge in [-0.1, -0.05) is 48.2 Å². The van der Waals surface area contributed by atoms with Gasteiger partial charge in [-0.3, -0.25) is 9.69 Å². The van der Waals surface area contributed by atoms with Crippen LogP contribution in [0.3, 0.4) is 0 Å². The monoisotopic (exact) mass is 339 g/mol. The number of aliphatic hydroxyl groups is 1. The number of aliphatic hydroxyl groups excluding tert-OH is 1. The first-order valence-corrected chi connectivity index (χ1v) is 7.71. The summed E-state index contributed by atoms with van der Waals surface area (Å²) in [7, 11) is 0. The summed E-state index contributed by atoms with van der Waals surface area (Å²) in [6, 6.07) is 13.4. The third-order valence-corrected chi connectivity index (χ3v) is 4.68. The number of thioether (sulfide) groups is 1. The molecule has 3 nitrogen and oxygen atoms in total. The van der Waals surface area contributed by atoms with E-state index in [0.29, 0.717) is 0 Å². The van der Waals surface area contributed by atoms with Gasteiger partial charge in [0.2, 0.25) is 0 Å². The fraction of sp³-hybridized carbons (Fsp3) is 0.188. The van der Waals surface area contributed by atoms with E-state index in [-0.39, 0.29) is 5.69 Å². The molecule has 1 aliphatic rings. The van der Waals surface area contributed by atoms with Crippen molar-refractivity contribution < 1.29 is 23.1 Å². The Balaban J connectivity index is 2.03. The van der Waals surface area contributed by atoms with Crippen molar-refractivity contribution in [2.45, 2.75) is 17.0 Å². The van der Waals surface area contributed by atoms with Crippen molar-refractivity contribution in [3.63, 3.8) is 0 Å². The van der Waals surface area contributed by atoms with Crippen LogP contribution in [-0.4, -0.2) is 16.4 Å². The van der Waals surface area contributed by atoms with Crippen LogP contribution in [0.4, 0.5) is 18.9 Å². The second kappa shape index (κ2) is 5.90. The molecule has 0 aliphatic carbocycles. The highest BCUT2D eigenvalue weighted by atomic mass is 32.2. The van der Waals surface area contributed by atoms with Crippen molar-refractivity contribution >= 4 is 23.4 Å². The average Bonchev–Trinajstić information content (AvgIpc) is 2.83. The summed E-state index contributed by atoms with van der Waals surface area (Å²) in [5.41, 5.74) is -1.28. The summed E-state index contributed by atoms with van der Waals surface area (Å²) in [5, 5.41) is 9.27. The highest BCUT2D eigenvalue weighted by Crippen LogP contribution is 2.45. The largest absolute Gasteiger partial charge is 0.416 e. The molecule has 0 spiro atoms. The number of nitrogens with zero attached hydrogens (tertiary/aromatic N) is 1. The van der Waals surface area contributed by atoms with Gasteiger partial charge >= 0.3 is 6.18 Å². The molecule has 0 aromatic heterocycles. The Hall–Kier alpha value is -1.99. The highest BCUT2D eigenvalue weighted by molar-refractivity contribution is 8.01. The van der Waals surface area contributed by atoms with Crippen LogP contribution in [0.1, 0.15) is 16.5 Å². The molecule has 1 aliphatic heterocycles. The average molecular weight is 339 g/mol. The lowest BCUT2D eigenvalue weighted by molar-refractivity contribution is -0.137. The lowest BCUT2D eigenvalue weighted by Gasteiger charge is -2.24. The molecule has 0 saturated carbocycles. The number of benzene rings is 2. The van der Waals surface area contributed by atoms with Crippen molar-refractivity contribution in [3.05, 3.63) is 65.7 Å². The molecule has 23 heavy (non-hydrogen) atoms. The molecule has 2 aromatic carbocycles. The minimum absolute atomic E-state index is 0.114. The van der Waals surface area contributed by atoms with Gasteiger partial charge in [0.1, 0.15) is 5.37 Å². The number of carbonyl (C=O) groups excluding carboxylic acids is 1. The van der Waals surface area contributed by atoms with Crippen LogP contribution >= 0.6 is 11.8 Å². The zero-order valence-corrected chi connectivity index (χ0v) is 12.5. The second-order valence-corrected chi connectivity index (χ2v) is 6.17. The van der Waals surface area contributed by atoms with E-state index in [1.165, 1.54) is 17.0 Å². The van der Waals surface area contributed by atoms with Crippen LogP contribution in [0.2, 0.25) is 0 Å². The lowest BCUT2D eigenvalue weighted by Crippen LogP contribution is -2.31. The molecule has 3 rings (SSSR count). The molecule has 2 atom stereocenters. The minimum Gasteiger partial charge on any atom is -0.373 e. The Labute approximate surface area is 134 Å². The number of amides is 1. The number of hydrogen-bond acceptors (Lipinski definition) is 3. The van der Waals surface area contributed by atoms with Crippen molar-refractivity contribution in [2.24, 2.45) is 0 Å². The smallest absolute Gasteiger partial charge is 0.373 e. The Kier molecular flexibility index (Phi) is 4.08. The number of rotatable bonds is 2. The number of alkyl halides is 3. The van der Waals surface area contributed by atoms with Crippen LogP contribution < -0.4 is 4.90 Å². The Bertz CT molecular complexity index is 721. The molecule has 1 saturated heterocycles. The van der Waals surface area contributed by atoms with E-state index in [1.807, 2.05) is 0 Å². The molecule has 2 aromatic rings. The number of halogens is 3. The van der Waals surface area contributed by atoms with Gasteiger partial charge < -0.3 is 5.11 Å². The van der Waals surface area contributed by atoms with E-state index in [9.17, 15) is 23.1 Å². The first kappa shape index (κ1) is 15.9. The predicted molar refractivity (Wildman–Crippen MR) is 81.7 cm³/mol. The quantitative estimate of drug-likeness (QED) is 0.905. The maximum atomic E-state index is 12.9. The fourth-order valence-corrected chi connectivity index (χ4v) is 3.55. The molecule has 0 radical (unpaired) electrons. The van der Waals surface area contributed by atoms with Crippen molar-refractivity contribution in [2.75, 3.05) is 4.90 Å². The van der Waals surface area contributed by atoms with Gasteiger partial charge in [-0.05, 0) is 23.8 Å². The molecule has 120 valence electrons. The molecule has 1 amide bonds. The fourth-order valence-electron chi connectivity index (χ4n) is 2.42. The number of carbonyl (C=O) groups is 1. The first-order chi connectivity index (χ1) is 10.9. The standard InChI is InChI=1S/C16H12F3NO2S/c17-16(18,19)11-7-4-8-12(9-11)20-13(21)15(22)23-14(20)10-5-2-1-3-6-10/h1-9,14-15,22H. The van der Waals surface area contributed by atoms with Gasteiger partial charge in [0.15, 0.2) is 5.44 Å². The molecular formula is C16H12F3NO2S. The van der Waals surface area contributed by atoms with E-state index >= 15 is 0 Å².